The number of rotatable bonds is 4. The molecule has 0 radical (unpaired) electrons. The predicted molar refractivity (Wildman–Crippen MR) is 95.8 cm³/mol. The standard InChI is InChI=1S/C18H19N7/c1-3-13(10-19-5-1)15-9-17(23-14-4-2-6-20-11-14)25-18(24-15)16-12-21-7-8-22-16/h1,3,5,7-10,12,14,20H,2,4,6,11H2,(H,23,24,25). The summed E-state index contributed by atoms with van der Waals surface area (Å²) in [6.45, 7) is 2.01. The number of nitrogens with one attached hydrogen (secondary N) is 2. The SMILES string of the molecule is c1cncc(-c2cc(NC3CCCNC3)nc(-c3cnccn3)n2)c1. The van der Waals surface area contributed by atoms with Crippen molar-refractivity contribution in [2.24, 2.45) is 0 Å². The third-order valence-electron chi connectivity index (χ3n) is 4.12. The fourth-order valence-corrected chi connectivity index (χ4v) is 2.90. The Morgan fingerprint density at radius 2 is 2.00 bits per heavy atom. The van der Waals surface area contributed by atoms with Gasteiger partial charge in [0.25, 0.3) is 0 Å². The number of nitrogens with zero attached hydrogens (tertiary/aromatic N) is 5. The molecule has 0 spiro atoms. The fraction of sp³-hybridized carbons (Fsp3) is 0.278. The van der Waals surface area contributed by atoms with Crippen molar-refractivity contribution in [1.29, 1.82) is 0 Å². The molecule has 3 aromatic rings. The van der Waals surface area contributed by atoms with Gasteiger partial charge in [0, 0.05) is 49.0 Å². The first kappa shape index (κ1) is 15.6. The van der Waals surface area contributed by atoms with E-state index < -0.39 is 0 Å². The summed E-state index contributed by atoms with van der Waals surface area (Å²) in [5.41, 5.74) is 2.41. The predicted octanol–water partition coefficient (Wildman–Crippen LogP) is 2.16. The second kappa shape index (κ2) is 7.31. The number of hydrogen-bond acceptors (Lipinski definition) is 7. The van der Waals surface area contributed by atoms with E-state index in [2.05, 4.69) is 35.6 Å². The summed E-state index contributed by atoms with van der Waals surface area (Å²) in [4.78, 5) is 22.0. The Balaban J connectivity index is 1.72. The third-order valence-corrected chi connectivity index (χ3v) is 4.12. The lowest BCUT2D eigenvalue weighted by atomic mass is 10.1. The van der Waals surface area contributed by atoms with Gasteiger partial charge < -0.3 is 10.6 Å². The van der Waals surface area contributed by atoms with Crippen LogP contribution < -0.4 is 10.6 Å². The van der Waals surface area contributed by atoms with E-state index in [1.54, 1.807) is 31.0 Å². The Morgan fingerprint density at radius 1 is 1.04 bits per heavy atom. The van der Waals surface area contributed by atoms with Crippen LogP contribution in [0.15, 0.2) is 49.2 Å². The van der Waals surface area contributed by atoms with Crippen molar-refractivity contribution in [2.45, 2.75) is 18.9 Å². The average molecular weight is 333 g/mol. The summed E-state index contributed by atoms with van der Waals surface area (Å²) in [6.07, 6.45) is 10.8. The van der Waals surface area contributed by atoms with E-state index in [1.807, 2.05) is 18.2 Å². The fourth-order valence-electron chi connectivity index (χ4n) is 2.90. The van der Waals surface area contributed by atoms with Crippen LogP contribution in [0.2, 0.25) is 0 Å². The van der Waals surface area contributed by atoms with Crippen LogP contribution in [0.3, 0.4) is 0 Å². The smallest absolute Gasteiger partial charge is 0.182 e. The van der Waals surface area contributed by atoms with Crippen molar-refractivity contribution in [2.75, 3.05) is 18.4 Å². The lowest BCUT2D eigenvalue weighted by molar-refractivity contribution is 0.479. The topological polar surface area (TPSA) is 88.5 Å². The summed E-state index contributed by atoms with van der Waals surface area (Å²) in [5.74, 6) is 1.35. The Kier molecular flexibility index (Phi) is 4.56. The van der Waals surface area contributed by atoms with Crippen molar-refractivity contribution in [3.05, 3.63) is 49.2 Å². The molecule has 1 atom stereocenters. The van der Waals surface area contributed by atoms with Gasteiger partial charge in [0.05, 0.1) is 11.9 Å². The zero-order valence-electron chi connectivity index (χ0n) is 13.8. The molecule has 4 heterocycles. The van der Waals surface area contributed by atoms with E-state index in [-0.39, 0.29) is 0 Å². The maximum atomic E-state index is 4.66. The molecule has 7 nitrogen and oxygen atoms in total. The van der Waals surface area contributed by atoms with Crippen LogP contribution in [0, 0.1) is 0 Å². The molecule has 1 fully saturated rings. The largest absolute Gasteiger partial charge is 0.366 e. The van der Waals surface area contributed by atoms with E-state index >= 15 is 0 Å². The second-order valence-corrected chi connectivity index (χ2v) is 5.98. The second-order valence-electron chi connectivity index (χ2n) is 5.98. The molecule has 0 amide bonds. The van der Waals surface area contributed by atoms with Crippen LogP contribution >= 0.6 is 0 Å². The van der Waals surface area contributed by atoms with Gasteiger partial charge in [-0.3, -0.25) is 9.97 Å². The Labute approximate surface area is 146 Å². The van der Waals surface area contributed by atoms with Gasteiger partial charge in [0.1, 0.15) is 11.5 Å². The minimum absolute atomic E-state index is 0.361. The zero-order chi connectivity index (χ0) is 16.9. The van der Waals surface area contributed by atoms with E-state index in [1.165, 1.54) is 0 Å². The highest BCUT2D eigenvalue weighted by molar-refractivity contribution is 5.65. The van der Waals surface area contributed by atoms with Gasteiger partial charge in [0.15, 0.2) is 5.82 Å². The van der Waals surface area contributed by atoms with Crippen molar-refractivity contribution in [1.82, 2.24) is 30.2 Å². The minimum atomic E-state index is 0.361. The zero-order valence-corrected chi connectivity index (χ0v) is 13.8. The van der Waals surface area contributed by atoms with E-state index in [4.69, 9.17) is 0 Å². The van der Waals surface area contributed by atoms with Gasteiger partial charge in [0.2, 0.25) is 0 Å². The van der Waals surface area contributed by atoms with Crippen molar-refractivity contribution in [3.63, 3.8) is 0 Å². The summed E-state index contributed by atoms with van der Waals surface area (Å²) in [7, 11) is 0. The molecule has 0 aromatic carbocycles. The molecule has 1 aliphatic rings. The maximum Gasteiger partial charge on any atom is 0.182 e. The first-order chi connectivity index (χ1) is 12.4. The van der Waals surface area contributed by atoms with Crippen molar-refractivity contribution < 1.29 is 0 Å². The van der Waals surface area contributed by atoms with E-state index in [0.29, 0.717) is 17.6 Å². The summed E-state index contributed by atoms with van der Waals surface area (Å²) in [5, 5.41) is 6.93. The van der Waals surface area contributed by atoms with Gasteiger partial charge >= 0.3 is 0 Å². The molecule has 25 heavy (non-hydrogen) atoms. The first-order valence-electron chi connectivity index (χ1n) is 8.41. The Hall–Kier alpha value is -2.93. The highest BCUT2D eigenvalue weighted by atomic mass is 15.1. The molecule has 7 heteroatoms. The van der Waals surface area contributed by atoms with E-state index in [9.17, 15) is 0 Å². The number of piperidine rings is 1. The van der Waals surface area contributed by atoms with Gasteiger partial charge in [-0.2, -0.15) is 0 Å². The Morgan fingerprint density at radius 3 is 2.76 bits per heavy atom. The van der Waals surface area contributed by atoms with Crippen LogP contribution in [0.25, 0.3) is 22.8 Å². The van der Waals surface area contributed by atoms with E-state index in [0.717, 1.165) is 43.0 Å². The molecule has 2 N–H and O–H groups in total. The molecule has 126 valence electrons. The first-order valence-corrected chi connectivity index (χ1v) is 8.41. The lowest BCUT2D eigenvalue weighted by Crippen LogP contribution is -2.38. The molecular formula is C18H19N7. The number of aromatic nitrogens is 5. The molecule has 3 aromatic heterocycles. The van der Waals surface area contributed by atoms with Crippen LogP contribution in [-0.2, 0) is 0 Å². The molecule has 4 rings (SSSR count). The van der Waals surface area contributed by atoms with Gasteiger partial charge in [-0.25, -0.2) is 15.0 Å². The summed E-state index contributed by atoms with van der Waals surface area (Å²) >= 11 is 0. The minimum Gasteiger partial charge on any atom is -0.366 e. The van der Waals surface area contributed by atoms with Gasteiger partial charge in [-0.1, -0.05) is 0 Å². The number of pyridine rings is 1. The highest BCUT2D eigenvalue weighted by Crippen LogP contribution is 2.23. The van der Waals surface area contributed by atoms with Crippen molar-refractivity contribution in [3.8, 4) is 22.8 Å². The monoisotopic (exact) mass is 333 g/mol. The molecule has 0 saturated carbocycles. The molecule has 1 saturated heterocycles. The molecular weight excluding hydrogens is 314 g/mol. The maximum absolute atomic E-state index is 4.66. The molecule has 0 aliphatic carbocycles. The van der Waals surface area contributed by atoms with Crippen LogP contribution in [-0.4, -0.2) is 44.1 Å². The number of anilines is 1. The average Bonchev–Trinajstić information content (AvgIpc) is 2.70. The molecule has 1 unspecified atom stereocenters. The molecule has 1 aliphatic heterocycles. The van der Waals surface area contributed by atoms with Gasteiger partial charge in [-0.15, -0.1) is 0 Å². The summed E-state index contributed by atoms with van der Waals surface area (Å²) < 4.78 is 0. The number of hydrogen-bond donors (Lipinski definition) is 2. The van der Waals surface area contributed by atoms with Gasteiger partial charge in [-0.05, 0) is 31.5 Å². The van der Waals surface area contributed by atoms with Crippen LogP contribution in [0.1, 0.15) is 12.8 Å². The van der Waals surface area contributed by atoms with Crippen molar-refractivity contribution >= 4 is 5.82 Å². The van der Waals surface area contributed by atoms with Crippen LogP contribution in [0.5, 0.6) is 0 Å². The Bertz CT molecular complexity index is 760. The summed E-state index contributed by atoms with van der Waals surface area (Å²) in [6, 6.07) is 6.21. The molecule has 0 bridgehead atoms. The normalized spacial score (nSPS) is 17.2. The van der Waals surface area contributed by atoms with Crippen LogP contribution in [0.4, 0.5) is 5.82 Å². The highest BCUT2D eigenvalue weighted by Gasteiger charge is 2.15. The third kappa shape index (κ3) is 3.77. The quantitative estimate of drug-likeness (QED) is 0.756. The lowest BCUT2D eigenvalue weighted by Gasteiger charge is -2.24.